The fourth-order valence-electron chi connectivity index (χ4n) is 2.16. The van der Waals surface area contributed by atoms with Crippen LogP contribution in [0.25, 0.3) is 11.6 Å². The van der Waals surface area contributed by atoms with Crippen molar-refractivity contribution in [1.82, 2.24) is 20.4 Å². The second-order valence-corrected chi connectivity index (χ2v) is 4.54. The van der Waals surface area contributed by atoms with Gasteiger partial charge in [-0.15, -0.1) is 0 Å². The standard InChI is InChI=1S/C13H13N5O/c14-6-9-3-4-11(16-7-9)13-17-12(18-19-13)10-2-1-5-15-8-10/h3-4,7,10,15H,1-2,5,8H2. The zero-order valence-corrected chi connectivity index (χ0v) is 10.3. The van der Waals surface area contributed by atoms with E-state index in [4.69, 9.17) is 9.78 Å². The van der Waals surface area contributed by atoms with E-state index in [2.05, 4.69) is 20.4 Å². The van der Waals surface area contributed by atoms with Crippen LogP contribution in [-0.4, -0.2) is 28.2 Å². The highest BCUT2D eigenvalue weighted by atomic mass is 16.5. The van der Waals surface area contributed by atoms with Gasteiger partial charge in [0.15, 0.2) is 5.82 Å². The first-order valence-electron chi connectivity index (χ1n) is 6.27. The SMILES string of the molecule is N#Cc1ccc(-c2nc(C3CCCNC3)no2)nc1. The summed E-state index contributed by atoms with van der Waals surface area (Å²) in [7, 11) is 0. The van der Waals surface area contributed by atoms with Crippen LogP contribution < -0.4 is 5.32 Å². The topological polar surface area (TPSA) is 87.6 Å². The molecular weight excluding hydrogens is 242 g/mol. The number of aromatic nitrogens is 3. The Morgan fingerprint density at radius 3 is 3.05 bits per heavy atom. The van der Waals surface area contributed by atoms with Crippen molar-refractivity contribution < 1.29 is 4.52 Å². The molecule has 3 rings (SSSR count). The molecule has 19 heavy (non-hydrogen) atoms. The predicted molar refractivity (Wildman–Crippen MR) is 67.1 cm³/mol. The quantitative estimate of drug-likeness (QED) is 0.874. The molecule has 0 amide bonds. The molecule has 0 bridgehead atoms. The Hall–Kier alpha value is -2.26. The molecule has 96 valence electrons. The number of nitriles is 1. The van der Waals surface area contributed by atoms with Gasteiger partial charge >= 0.3 is 0 Å². The van der Waals surface area contributed by atoms with Crippen LogP contribution in [0.2, 0.25) is 0 Å². The molecule has 0 spiro atoms. The molecule has 1 fully saturated rings. The summed E-state index contributed by atoms with van der Waals surface area (Å²) in [5.74, 6) is 1.45. The van der Waals surface area contributed by atoms with Gasteiger partial charge in [-0.3, -0.25) is 0 Å². The largest absolute Gasteiger partial charge is 0.332 e. The predicted octanol–water partition coefficient (Wildman–Crippen LogP) is 1.47. The molecule has 2 aromatic rings. The molecule has 6 heteroatoms. The van der Waals surface area contributed by atoms with Gasteiger partial charge in [0.2, 0.25) is 0 Å². The van der Waals surface area contributed by atoms with Crippen molar-refractivity contribution in [2.45, 2.75) is 18.8 Å². The van der Waals surface area contributed by atoms with Gasteiger partial charge in [-0.2, -0.15) is 10.2 Å². The van der Waals surface area contributed by atoms with E-state index < -0.39 is 0 Å². The van der Waals surface area contributed by atoms with Gasteiger partial charge in [-0.25, -0.2) is 4.98 Å². The molecule has 0 aliphatic carbocycles. The maximum atomic E-state index is 8.72. The van der Waals surface area contributed by atoms with Crippen molar-refractivity contribution in [1.29, 1.82) is 5.26 Å². The molecule has 0 radical (unpaired) electrons. The zero-order valence-electron chi connectivity index (χ0n) is 10.3. The summed E-state index contributed by atoms with van der Waals surface area (Å²) in [5, 5.41) is 16.1. The van der Waals surface area contributed by atoms with E-state index in [1.54, 1.807) is 12.1 Å². The lowest BCUT2D eigenvalue weighted by Crippen LogP contribution is -2.28. The summed E-state index contributed by atoms with van der Waals surface area (Å²) in [6, 6.07) is 5.43. The Morgan fingerprint density at radius 2 is 2.37 bits per heavy atom. The Labute approximate surface area is 110 Å². The third-order valence-corrected chi connectivity index (χ3v) is 3.22. The Kier molecular flexibility index (Phi) is 3.21. The maximum Gasteiger partial charge on any atom is 0.276 e. The van der Waals surface area contributed by atoms with Crippen LogP contribution >= 0.6 is 0 Å². The van der Waals surface area contributed by atoms with Gasteiger partial charge in [0.25, 0.3) is 5.89 Å². The van der Waals surface area contributed by atoms with Crippen molar-refractivity contribution in [2.24, 2.45) is 0 Å². The van der Waals surface area contributed by atoms with Crippen molar-refractivity contribution in [3.8, 4) is 17.7 Å². The average molecular weight is 255 g/mol. The summed E-state index contributed by atoms with van der Waals surface area (Å²) in [5.41, 5.74) is 1.11. The van der Waals surface area contributed by atoms with Crippen molar-refractivity contribution in [3.63, 3.8) is 0 Å². The monoisotopic (exact) mass is 255 g/mol. The van der Waals surface area contributed by atoms with Gasteiger partial charge in [0, 0.05) is 18.7 Å². The van der Waals surface area contributed by atoms with Crippen LogP contribution in [0, 0.1) is 11.3 Å². The molecule has 0 saturated carbocycles. The van der Waals surface area contributed by atoms with Crippen LogP contribution in [0.5, 0.6) is 0 Å². The maximum absolute atomic E-state index is 8.72. The number of piperidine rings is 1. The van der Waals surface area contributed by atoms with E-state index in [1.807, 2.05) is 6.07 Å². The smallest absolute Gasteiger partial charge is 0.276 e. The van der Waals surface area contributed by atoms with Gasteiger partial charge in [-0.1, -0.05) is 5.16 Å². The first kappa shape index (κ1) is 11.8. The lowest BCUT2D eigenvalue weighted by Gasteiger charge is -2.19. The minimum absolute atomic E-state index is 0.310. The lowest BCUT2D eigenvalue weighted by atomic mass is 9.99. The van der Waals surface area contributed by atoms with Crippen LogP contribution in [0.15, 0.2) is 22.9 Å². The normalized spacial score (nSPS) is 19.0. The molecule has 1 N–H and O–H groups in total. The number of nitrogens with one attached hydrogen (secondary N) is 1. The molecule has 1 unspecified atom stereocenters. The molecular formula is C13H13N5O. The van der Waals surface area contributed by atoms with E-state index in [-0.39, 0.29) is 0 Å². The molecule has 1 atom stereocenters. The van der Waals surface area contributed by atoms with Crippen LogP contribution in [-0.2, 0) is 0 Å². The van der Waals surface area contributed by atoms with E-state index in [1.165, 1.54) is 6.20 Å². The van der Waals surface area contributed by atoms with Gasteiger partial charge in [0.05, 0.1) is 5.56 Å². The minimum atomic E-state index is 0.310. The van der Waals surface area contributed by atoms with Crippen molar-refractivity contribution in [2.75, 3.05) is 13.1 Å². The number of nitrogens with zero attached hydrogens (tertiary/aromatic N) is 4. The summed E-state index contributed by atoms with van der Waals surface area (Å²) >= 11 is 0. The van der Waals surface area contributed by atoms with Crippen LogP contribution in [0.4, 0.5) is 0 Å². The Balaban J connectivity index is 1.81. The first-order valence-corrected chi connectivity index (χ1v) is 6.27. The van der Waals surface area contributed by atoms with E-state index in [9.17, 15) is 0 Å². The summed E-state index contributed by atoms with van der Waals surface area (Å²) < 4.78 is 5.24. The van der Waals surface area contributed by atoms with Gasteiger partial charge in [0.1, 0.15) is 11.8 Å². The second-order valence-electron chi connectivity index (χ2n) is 4.54. The van der Waals surface area contributed by atoms with Gasteiger partial charge in [-0.05, 0) is 31.5 Å². The third-order valence-electron chi connectivity index (χ3n) is 3.22. The zero-order chi connectivity index (χ0) is 13.1. The van der Waals surface area contributed by atoms with Crippen LogP contribution in [0.1, 0.15) is 30.1 Å². The fraction of sp³-hybridized carbons (Fsp3) is 0.385. The summed E-state index contributed by atoms with van der Waals surface area (Å²) in [6.45, 7) is 1.94. The van der Waals surface area contributed by atoms with Crippen molar-refractivity contribution in [3.05, 3.63) is 29.7 Å². The van der Waals surface area contributed by atoms with E-state index in [0.717, 1.165) is 31.8 Å². The molecule has 1 aliphatic rings. The van der Waals surface area contributed by atoms with E-state index >= 15 is 0 Å². The van der Waals surface area contributed by atoms with Gasteiger partial charge < -0.3 is 9.84 Å². The first-order chi connectivity index (χ1) is 9.36. The Morgan fingerprint density at radius 1 is 1.42 bits per heavy atom. The number of pyridine rings is 1. The summed E-state index contributed by atoms with van der Waals surface area (Å²) in [6.07, 6.45) is 3.71. The molecule has 2 aromatic heterocycles. The highest BCUT2D eigenvalue weighted by Crippen LogP contribution is 2.23. The minimum Gasteiger partial charge on any atom is -0.332 e. The highest BCUT2D eigenvalue weighted by Gasteiger charge is 2.21. The number of hydrogen-bond acceptors (Lipinski definition) is 6. The summed E-state index contributed by atoms with van der Waals surface area (Å²) in [4.78, 5) is 8.54. The molecule has 0 aromatic carbocycles. The molecule has 1 saturated heterocycles. The van der Waals surface area contributed by atoms with Crippen molar-refractivity contribution >= 4 is 0 Å². The fourth-order valence-corrected chi connectivity index (χ4v) is 2.16. The molecule has 3 heterocycles. The average Bonchev–Trinajstić information content (AvgIpc) is 2.98. The second kappa shape index (κ2) is 5.16. The molecule has 6 nitrogen and oxygen atoms in total. The number of hydrogen-bond donors (Lipinski definition) is 1. The van der Waals surface area contributed by atoms with E-state index in [0.29, 0.717) is 23.1 Å². The Bertz CT molecular complexity index is 592. The number of rotatable bonds is 2. The molecule has 1 aliphatic heterocycles. The third kappa shape index (κ3) is 2.46. The van der Waals surface area contributed by atoms with Crippen LogP contribution in [0.3, 0.4) is 0 Å². The highest BCUT2D eigenvalue weighted by molar-refractivity contribution is 5.47. The lowest BCUT2D eigenvalue weighted by molar-refractivity contribution is 0.392.